The summed E-state index contributed by atoms with van der Waals surface area (Å²) >= 11 is 5.98. The highest BCUT2D eigenvalue weighted by Crippen LogP contribution is 2.35. The smallest absolute Gasteiger partial charge is 0.407 e. The molecule has 4 rings (SSSR count). The van der Waals surface area contributed by atoms with E-state index in [1.807, 2.05) is 81.9 Å². The van der Waals surface area contributed by atoms with Gasteiger partial charge in [0.05, 0.1) is 6.04 Å². The SMILES string of the molecule is CN(C)[C@H]1CC(c2cc(F)cc(Cl)c2)=CC[C@@H]1NC(=O)OC(C)(C)C.CN(C)[C@H]1C[C@@H](c2cccc(F)c2)CC[C@@H]1NC(=O)OC(C)(C)C. The largest absolute Gasteiger partial charge is 0.444 e. The third kappa shape index (κ3) is 13.2. The molecule has 2 aromatic carbocycles. The Labute approximate surface area is 296 Å². The van der Waals surface area contributed by atoms with Gasteiger partial charge in [0, 0.05) is 23.1 Å². The third-order valence-corrected chi connectivity index (χ3v) is 8.83. The summed E-state index contributed by atoms with van der Waals surface area (Å²) in [4.78, 5) is 28.4. The van der Waals surface area contributed by atoms with Crippen LogP contribution < -0.4 is 10.6 Å². The fraction of sp³-hybridized carbons (Fsp3) is 0.579. The normalized spacial score (nSPS) is 22.8. The molecule has 11 heteroatoms. The lowest BCUT2D eigenvalue weighted by Gasteiger charge is -2.40. The minimum atomic E-state index is -0.536. The van der Waals surface area contributed by atoms with Crippen molar-refractivity contribution in [2.24, 2.45) is 0 Å². The Kier molecular flexibility index (Phi) is 14.1. The lowest BCUT2D eigenvalue weighted by Crippen LogP contribution is -2.53. The van der Waals surface area contributed by atoms with Gasteiger partial charge in [0.1, 0.15) is 22.8 Å². The zero-order valence-corrected chi connectivity index (χ0v) is 31.5. The number of amides is 2. The Morgan fingerprint density at radius 1 is 0.796 bits per heavy atom. The summed E-state index contributed by atoms with van der Waals surface area (Å²) < 4.78 is 37.9. The van der Waals surface area contributed by atoms with E-state index in [2.05, 4.69) is 20.4 Å². The van der Waals surface area contributed by atoms with Crippen molar-refractivity contribution in [3.05, 3.63) is 76.3 Å². The zero-order chi connectivity index (χ0) is 36.7. The van der Waals surface area contributed by atoms with Gasteiger partial charge in [-0.1, -0.05) is 29.8 Å². The predicted molar refractivity (Wildman–Crippen MR) is 193 cm³/mol. The summed E-state index contributed by atoms with van der Waals surface area (Å²) in [6, 6.07) is 11.7. The van der Waals surface area contributed by atoms with Crippen molar-refractivity contribution >= 4 is 29.4 Å². The summed E-state index contributed by atoms with van der Waals surface area (Å²) in [6.45, 7) is 11.1. The standard InChI is InChI=1S/C19H26ClFN2O2.C19H29FN2O2/c1-19(2,3)25-18(24)22-16-7-6-12(10-17(16)23(4)5)13-8-14(20)11-15(21)9-13;1-19(2,3)24-18(23)21-16-10-9-14(12-17(16)22(4)5)13-7-6-8-15(20)11-13/h6,8-9,11,16-17H,7,10H2,1-5H3,(H,22,24);6-8,11,14,16-17H,9-10,12H2,1-5H3,(H,21,23)/t16-,17-;14-,16-,17-/m00/s1. The van der Waals surface area contributed by atoms with Crippen molar-refractivity contribution < 1.29 is 27.8 Å². The van der Waals surface area contributed by atoms with E-state index in [0.717, 1.165) is 36.0 Å². The first-order chi connectivity index (χ1) is 22.7. The van der Waals surface area contributed by atoms with Crippen LogP contribution in [0.5, 0.6) is 0 Å². The Balaban J connectivity index is 0.000000266. The topological polar surface area (TPSA) is 83.1 Å². The molecule has 2 amide bonds. The van der Waals surface area contributed by atoms with Crippen LogP contribution in [0.3, 0.4) is 0 Å². The van der Waals surface area contributed by atoms with E-state index in [9.17, 15) is 18.4 Å². The second-order valence-electron chi connectivity index (χ2n) is 15.5. The van der Waals surface area contributed by atoms with Crippen LogP contribution in [0.25, 0.3) is 5.57 Å². The maximum Gasteiger partial charge on any atom is 0.407 e. The molecule has 0 spiro atoms. The molecule has 0 aliphatic heterocycles. The van der Waals surface area contributed by atoms with Gasteiger partial charge in [0.15, 0.2) is 0 Å². The van der Waals surface area contributed by atoms with E-state index in [-0.39, 0.29) is 41.9 Å². The van der Waals surface area contributed by atoms with Gasteiger partial charge in [-0.3, -0.25) is 0 Å². The van der Waals surface area contributed by atoms with Crippen molar-refractivity contribution in [2.75, 3.05) is 28.2 Å². The molecular weight excluding hydrogens is 650 g/mol. The van der Waals surface area contributed by atoms with Crippen LogP contribution in [-0.2, 0) is 9.47 Å². The van der Waals surface area contributed by atoms with E-state index in [1.54, 1.807) is 18.2 Å². The number of benzene rings is 2. The molecule has 2 aromatic rings. The number of likely N-dealkylation sites (N-methyl/N-ethyl adjacent to an activating group) is 2. The summed E-state index contributed by atoms with van der Waals surface area (Å²) in [5.74, 6) is -0.230. The Bertz CT molecular complexity index is 1430. The molecule has 0 aromatic heterocycles. The number of carbonyl (C=O) groups excluding carboxylic acids is 2. The molecule has 0 radical (unpaired) electrons. The molecular formula is C38H55ClF2N4O4. The third-order valence-electron chi connectivity index (χ3n) is 8.61. The number of alkyl carbamates (subject to hydrolysis) is 2. The molecule has 8 nitrogen and oxygen atoms in total. The van der Waals surface area contributed by atoms with E-state index in [4.69, 9.17) is 21.1 Å². The van der Waals surface area contributed by atoms with Gasteiger partial charge < -0.3 is 29.9 Å². The highest BCUT2D eigenvalue weighted by molar-refractivity contribution is 6.30. The van der Waals surface area contributed by atoms with Gasteiger partial charge in [0.25, 0.3) is 0 Å². The minimum Gasteiger partial charge on any atom is -0.444 e. The Morgan fingerprint density at radius 3 is 1.92 bits per heavy atom. The minimum absolute atomic E-state index is 0.0414. The molecule has 2 N–H and O–H groups in total. The van der Waals surface area contributed by atoms with Gasteiger partial charge >= 0.3 is 12.2 Å². The number of ether oxygens (including phenoxy) is 2. The summed E-state index contributed by atoms with van der Waals surface area (Å²) in [5, 5.41) is 6.35. The Hall–Kier alpha value is -3.21. The summed E-state index contributed by atoms with van der Waals surface area (Å²) in [7, 11) is 7.97. The van der Waals surface area contributed by atoms with Gasteiger partial charge in [-0.15, -0.1) is 0 Å². The van der Waals surface area contributed by atoms with Crippen LogP contribution in [0, 0.1) is 11.6 Å². The molecule has 1 fully saturated rings. The second-order valence-corrected chi connectivity index (χ2v) is 15.9. The van der Waals surface area contributed by atoms with E-state index < -0.39 is 17.3 Å². The van der Waals surface area contributed by atoms with Crippen molar-refractivity contribution in [1.82, 2.24) is 20.4 Å². The number of nitrogens with one attached hydrogen (secondary N) is 2. The quantitative estimate of drug-likeness (QED) is 0.314. The van der Waals surface area contributed by atoms with Crippen molar-refractivity contribution in [1.29, 1.82) is 0 Å². The van der Waals surface area contributed by atoms with E-state index in [0.29, 0.717) is 23.8 Å². The van der Waals surface area contributed by atoms with E-state index in [1.165, 1.54) is 18.2 Å². The molecule has 0 heterocycles. The van der Waals surface area contributed by atoms with Crippen LogP contribution in [0.4, 0.5) is 18.4 Å². The lowest BCUT2D eigenvalue weighted by atomic mass is 9.78. The molecule has 49 heavy (non-hydrogen) atoms. The molecule has 0 bridgehead atoms. The van der Waals surface area contributed by atoms with Crippen LogP contribution in [0.15, 0.2) is 48.5 Å². The second kappa shape index (κ2) is 17.1. The number of hydrogen-bond acceptors (Lipinski definition) is 6. The van der Waals surface area contributed by atoms with Crippen LogP contribution >= 0.6 is 11.6 Å². The maximum atomic E-state index is 13.6. The first-order valence-electron chi connectivity index (χ1n) is 16.9. The number of nitrogens with zero attached hydrogens (tertiary/aromatic N) is 2. The molecule has 272 valence electrons. The van der Waals surface area contributed by atoms with Crippen molar-refractivity contribution in [3.8, 4) is 0 Å². The lowest BCUT2D eigenvalue weighted by molar-refractivity contribution is 0.0441. The fourth-order valence-electron chi connectivity index (χ4n) is 6.42. The first-order valence-corrected chi connectivity index (χ1v) is 17.3. The summed E-state index contributed by atoms with van der Waals surface area (Å²) in [5.41, 5.74) is 1.81. The molecule has 1 saturated carbocycles. The number of carbonyl (C=O) groups is 2. The van der Waals surface area contributed by atoms with Crippen LogP contribution in [0.2, 0.25) is 5.02 Å². The van der Waals surface area contributed by atoms with Gasteiger partial charge in [0.2, 0.25) is 0 Å². The average molecular weight is 705 g/mol. The average Bonchev–Trinajstić information content (AvgIpc) is 2.95. The van der Waals surface area contributed by atoms with Crippen molar-refractivity contribution in [2.45, 2.75) is 115 Å². The zero-order valence-electron chi connectivity index (χ0n) is 30.7. The number of rotatable bonds is 6. The first kappa shape index (κ1) is 40.2. The number of halogens is 3. The monoisotopic (exact) mass is 704 g/mol. The molecule has 2 aliphatic carbocycles. The molecule has 2 aliphatic rings. The number of hydrogen-bond donors (Lipinski definition) is 2. The van der Waals surface area contributed by atoms with Gasteiger partial charge in [-0.05, 0) is 155 Å². The predicted octanol–water partition coefficient (Wildman–Crippen LogP) is 8.40. The van der Waals surface area contributed by atoms with Crippen LogP contribution in [-0.4, -0.2) is 85.5 Å². The molecule has 5 atom stereocenters. The van der Waals surface area contributed by atoms with Gasteiger partial charge in [-0.2, -0.15) is 0 Å². The van der Waals surface area contributed by atoms with Crippen LogP contribution in [0.1, 0.15) is 90.7 Å². The van der Waals surface area contributed by atoms with Gasteiger partial charge in [-0.25, -0.2) is 18.4 Å². The summed E-state index contributed by atoms with van der Waals surface area (Å²) in [6.07, 6.45) is 5.24. The fourth-order valence-corrected chi connectivity index (χ4v) is 6.64. The van der Waals surface area contributed by atoms with Crippen molar-refractivity contribution in [3.63, 3.8) is 0 Å². The highest BCUT2D eigenvalue weighted by atomic mass is 35.5. The molecule has 0 saturated heterocycles. The Morgan fingerprint density at radius 2 is 1.39 bits per heavy atom. The van der Waals surface area contributed by atoms with E-state index >= 15 is 0 Å². The highest BCUT2D eigenvalue weighted by Gasteiger charge is 2.35. The maximum absolute atomic E-state index is 13.6. The molecule has 0 unspecified atom stereocenters.